The lowest BCUT2D eigenvalue weighted by atomic mass is 10.1. The second kappa shape index (κ2) is 5.93. The summed E-state index contributed by atoms with van der Waals surface area (Å²) in [5, 5.41) is 2.27. The van der Waals surface area contributed by atoms with Crippen molar-refractivity contribution < 1.29 is 8.42 Å². The standard InChI is InChI=1S/C12H11BrClNO2S2/c1-8(9-4-2-3-5-11(9)14)15-19(16,17)12-10(13)6-7-18-12/h2-8,15H,1H3. The van der Waals surface area contributed by atoms with Crippen LogP contribution >= 0.6 is 38.9 Å². The second-order valence-electron chi connectivity index (χ2n) is 3.92. The normalized spacial score (nSPS) is 13.4. The smallest absolute Gasteiger partial charge is 0.206 e. The summed E-state index contributed by atoms with van der Waals surface area (Å²) in [4.78, 5) is 0. The van der Waals surface area contributed by atoms with Crippen LogP contribution in [0.2, 0.25) is 5.02 Å². The van der Waals surface area contributed by atoms with Gasteiger partial charge in [-0.3, -0.25) is 0 Å². The maximum absolute atomic E-state index is 12.2. The van der Waals surface area contributed by atoms with Crippen molar-refractivity contribution in [2.45, 2.75) is 17.2 Å². The van der Waals surface area contributed by atoms with Crippen molar-refractivity contribution in [2.75, 3.05) is 0 Å². The number of rotatable bonds is 4. The van der Waals surface area contributed by atoms with Crippen LogP contribution in [-0.2, 0) is 10.0 Å². The predicted molar refractivity (Wildman–Crippen MR) is 82.2 cm³/mol. The van der Waals surface area contributed by atoms with Gasteiger partial charge in [-0.05, 0) is 45.9 Å². The highest BCUT2D eigenvalue weighted by molar-refractivity contribution is 9.10. The molecule has 3 nitrogen and oxygen atoms in total. The molecule has 1 atom stereocenters. The molecule has 0 bridgehead atoms. The van der Waals surface area contributed by atoms with Gasteiger partial charge in [-0.2, -0.15) is 0 Å². The molecule has 0 aliphatic heterocycles. The average molecular weight is 381 g/mol. The predicted octanol–water partition coefficient (Wildman–Crippen LogP) is 4.20. The van der Waals surface area contributed by atoms with E-state index in [4.69, 9.17) is 11.6 Å². The first kappa shape index (κ1) is 15.0. The largest absolute Gasteiger partial charge is 0.251 e. The third kappa shape index (κ3) is 3.38. The van der Waals surface area contributed by atoms with Gasteiger partial charge in [-0.25, -0.2) is 13.1 Å². The molecule has 2 rings (SSSR count). The van der Waals surface area contributed by atoms with Crippen LogP contribution < -0.4 is 4.72 Å². The number of halogens is 2. The first-order valence-electron chi connectivity index (χ1n) is 5.41. The number of hydrogen-bond acceptors (Lipinski definition) is 3. The minimum Gasteiger partial charge on any atom is -0.206 e. The Morgan fingerprint density at radius 2 is 2.00 bits per heavy atom. The van der Waals surface area contributed by atoms with Gasteiger partial charge in [0.05, 0.1) is 0 Å². The maximum atomic E-state index is 12.2. The van der Waals surface area contributed by atoms with E-state index in [1.807, 2.05) is 12.1 Å². The molecule has 1 unspecified atom stereocenters. The van der Waals surface area contributed by atoms with Crippen molar-refractivity contribution >= 4 is 48.9 Å². The quantitative estimate of drug-likeness (QED) is 0.864. The van der Waals surface area contributed by atoms with Crippen molar-refractivity contribution in [3.63, 3.8) is 0 Å². The summed E-state index contributed by atoms with van der Waals surface area (Å²) in [6.45, 7) is 1.76. The van der Waals surface area contributed by atoms with Gasteiger partial charge in [-0.1, -0.05) is 29.8 Å². The molecule has 0 saturated heterocycles. The van der Waals surface area contributed by atoms with Gasteiger partial charge in [0, 0.05) is 15.5 Å². The lowest BCUT2D eigenvalue weighted by Gasteiger charge is -2.15. The summed E-state index contributed by atoms with van der Waals surface area (Å²) < 4.78 is 27.9. The van der Waals surface area contributed by atoms with Crippen LogP contribution in [0.15, 0.2) is 44.4 Å². The Balaban J connectivity index is 2.27. The van der Waals surface area contributed by atoms with Crippen LogP contribution in [0.5, 0.6) is 0 Å². The van der Waals surface area contributed by atoms with Crippen LogP contribution in [0.4, 0.5) is 0 Å². The van der Waals surface area contributed by atoms with Gasteiger partial charge >= 0.3 is 0 Å². The number of sulfonamides is 1. The van der Waals surface area contributed by atoms with E-state index in [9.17, 15) is 8.42 Å². The minimum absolute atomic E-state index is 0.270. The number of hydrogen-bond donors (Lipinski definition) is 1. The molecule has 1 heterocycles. The van der Waals surface area contributed by atoms with E-state index in [0.717, 1.165) is 5.56 Å². The summed E-state index contributed by atoms with van der Waals surface area (Å²) in [7, 11) is -3.55. The highest BCUT2D eigenvalue weighted by Crippen LogP contribution is 2.30. The van der Waals surface area contributed by atoms with E-state index in [1.54, 1.807) is 30.5 Å². The van der Waals surface area contributed by atoms with Gasteiger partial charge < -0.3 is 0 Å². The van der Waals surface area contributed by atoms with E-state index < -0.39 is 16.1 Å². The van der Waals surface area contributed by atoms with Crippen molar-refractivity contribution in [2.24, 2.45) is 0 Å². The lowest BCUT2D eigenvalue weighted by Crippen LogP contribution is -2.26. The van der Waals surface area contributed by atoms with E-state index in [0.29, 0.717) is 9.50 Å². The SMILES string of the molecule is CC(NS(=O)(=O)c1sccc1Br)c1ccccc1Cl. The summed E-state index contributed by atoms with van der Waals surface area (Å²) in [6.07, 6.45) is 0. The molecule has 0 spiro atoms. The zero-order valence-electron chi connectivity index (χ0n) is 9.93. The molecule has 0 aliphatic carbocycles. The lowest BCUT2D eigenvalue weighted by molar-refractivity contribution is 0.568. The fraction of sp³-hybridized carbons (Fsp3) is 0.167. The number of thiophene rings is 1. The van der Waals surface area contributed by atoms with E-state index in [1.165, 1.54) is 11.3 Å². The number of benzene rings is 1. The van der Waals surface area contributed by atoms with Crippen molar-refractivity contribution in [3.05, 3.63) is 50.8 Å². The first-order valence-corrected chi connectivity index (χ1v) is 8.95. The van der Waals surface area contributed by atoms with Crippen LogP contribution in [0, 0.1) is 0 Å². The molecular formula is C12H11BrClNO2S2. The zero-order valence-corrected chi connectivity index (χ0v) is 13.9. The summed E-state index contributed by atoms with van der Waals surface area (Å²) in [5.41, 5.74) is 0.750. The maximum Gasteiger partial charge on any atom is 0.251 e. The van der Waals surface area contributed by atoms with Crippen LogP contribution in [0.25, 0.3) is 0 Å². The molecule has 0 aliphatic rings. The van der Waals surface area contributed by atoms with Crippen molar-refractivity contribution in [3.8, 4) is 0 Å². The molecule has 102 valence electrons. The van der Waals surface area contributed by atoms with Crippen molar-refractivity contribution in [1.82, 2.24) is 4.72 Å². The molecule has 0 radical (unpaired) electrons. The zero-order chi connectivity index (χ0) is 14.0. The number of nitrogens with one attached hydrogen (secondary N) is 1. The Bertz CT molecular complexity index is 685. The van der Waals surface area contributed by atoms with Gasteiger partial charge in [0.2, 0.25) is 0 Å². The van der Waals surface area contributed by atoms with Crippen LogP contribution in [0.3, 0.4) is 0 Å². The Labute approximate surface area is 129 Å². The highest BCUT2D eigenvalue weighted by atomic mass is 79.9. The van der Waals surface area contributed by atoms with Crippen LogP contribution in [-0.4, -0.2) is 8.42 Å². The summed E-state index contributed by atoms with van der Waals surface area (Å²) >= 11 is 10.5. The molecule has 19 heavy (non-hydrogen) atoms. The van der Waals surface area contributed by atoms with Gasteiger partial charge in [0.15, 0.2) is 0 Å². The summed E-state index contributed by atoms with van der Waals surface area (Å²) in [5.74, 6) is 0. The molecule has 1 aromatic heterocycles. The Kier molecular flexibility index (Phi) is 4.68. The van der Waals surface area contributed by atoms with E-state index >= 15 is 0 Å². The topological polar surface area (TPSA) is 46.2 Å². The molecule has 0 fully saturated rings. The fourth-order valence-electron chi connectivity index (χ4n) is 1.65. The molecular weight excluding hydrogens is 370 g/mol. The van der Waals surface area contributed by atoms with Gasteiger partial charge in [0.25, 0.3) is 10.0 Å². The third-order valence-electron chi connectivity index (χ3n) is 2.53. The Morgan fingerprint density at radius 1 is 1.32 bits per heavy atom. The van der Waals surface area contributed by atoms with Gasteiger partial charge in [0.1, 0.15) is 4.21 Å². The molecule has 1 N–H and O–H groups in total. The van der Waals surface area contributed by atoms with E-state index in [-0.39, 0.29) is 4.21 Å². The third-order valence-corrected chi connectivity index (χ3v) is 7.09. The fourth-order valence-corrected chi connectivity index (χ4v) is 5.52. The molecule has 7 heteroatoms. The second-order valence-corrected chi connectivity index (χ2v) is 8.01. The highest BCUT2D eigenvalue weighted by Gasteiger charge is 2.22. The molecule has 2 aromatic rings. The minimum atomic E-state index is -3.55. The van der Waals surface area contributed by atoms with Crippen molar-refractivity contribution in [1.29, 1.82) is 0 Å². The monoisotopic (exact) mass is 379 g/mol. The first-order chi connectivity index (χ1) is 8.92. The molecule has 1 aromatic carbocycles. The van der Waals surface area contributed by atoms with Crippen LogP contribution in [0.1, 0.15) is 18.5 Å². The Hall–Kier alpha value is -0.400. The average Bonchev–Trinajstić information content (AvgIpc) is 2.76. The summed E-state index contributed by atoms with van der Waals surface area (Å²) in [6, 6.07) is 8.49. The van der Waals surface area contributed by atoms with Gasteiger partial charge in [-0.15, -0.1) is 11.3 Å². The molecule has 0 amide bonds. The Morgan fingerprint density at radius 3 is 2.58 bits per heavy atom. The molecule has 0 saturated carbocycles. The van der Waals surface area contributed by atoms with E-state index in [2.05, 4.69) is 20.7 Å².